The van der Waals surface area contributed by atoms with Gasteiger partial charge in [0.1, 0.15) is 0 Å². The molecule has 0 unspecified atom stereocenters. The van der Waals surface area contributed by atoms with E-state index in [0.717, 1.165) is 24.6 Å². The lowest BCUT2D eigenvalue weighted by atomic mass is 10.1. The van der Waals surface area contributed by atoms with Crippen molar-refractivity contribution in [1.82, 2.24) is 9.55 Å². The fraction of sp³-hybridized carbons (Fsp3) is 0.400. The zero-order valence-corrected chi connectivity index (χ0v) is 11.4. The molecular weight excluding hydrogens is 222 g/mol. The maximum atomic E-state index is 4.36. The van der Waals surface area contributed by atoms with Crippen LogP contribution in [0.3, 0.4) is 0 Å². The Labute approximate surface area is 109 Å². The van der Waals surface area contributed by atoms with E-state index in [2.05, 4.69) is 59.9 Å². The molecule has 0 saturated carbocycles. The first kappa shape index (κ1) is 12.7. The summed E-state index contributed by atoms with van der Waals surface area (Å²) in [6.45, 7) is 7.48. The Morgan fingerprint density at radius 3 is 2.56 bits per heavy atom. The molecule has 3 nitrogen and oxygen atoms in total. The molecule has 0 spiro atoms. The van der Waals surface area contributed by atoms with Crippen LogP contribution in [-0.2, 0) is 6.42 Å². The second-order valence-electron chi connectivity index (χ2n) is 4.92. The van der Waals surface area contributed by atoms with Gasteiger partial charge in [-0.3, -0.25) is 4.57 Å². The normalized spacial score (nSPS) is 10.9. The van der Waals surface area contributed by atoms with Crippen LogP contribution >= 0.6 is 0 Å². The standard InChI is InChI=1S/C15H21N3/c1-4-13-5-7-14(8-6-13)18-10-9-16-15(18)17-11-12(2)3/h5-10,12H,4,11H2,1-3H3,(H,16,17). The molecule has 0 atom stereocenters. The van der Waals surface area contributed by atoms with E-state index < -0.39 is 0 Å². The van der Waals surface area contributed by atoms with E-state index in [-0.39, 0.29) is 0 Å². The predicted octanol–water partition coefficient (Wildman–Crippen LogP) is 3.50. The Morgan fingerprint density at radius 2 is 1.94 bits per heavy atom. The number of rotatable bonds is 5. The number of hydrogen-bond donors (Lipinski definition) is 1. The van der Waals surface area contributed by atoms with Gasteiger partial charge in [0.25, 0.3) is 0 Å². The molecule has 1 N–H and O–H groups in total. The summed E-state index contributed by atoms with van der Waals surface area (Å²) in [4.78, 5) is 4.36. The van der Waals surface area contributed by atoms with Gasteiger partial charge in [-0.05, 0) is 30.0 Å². The first-order chi connectivity index (χ1) is 8.70. The van der Waals surface area contributed by atoms with Crippen molar-refractivity contribution >= 4 is 5.95 Å². The Morgan fingerprint density at radius 1 is 1.22 bits per heavy atom. The smallest absolute Gasteiger partial charge is 0.207 e. The maximum absolute atomic E-state index is 4.36. The lowest BCUT2D eigenvalue weighted by molar-refractivity contribution is 0.683. The van der Waals surface area contributed by atoms with Crippen LogP contribution in [0.2, 0.25) is 0 Å². The fourth-order valence-corrected chi connectivity index (χ4v) is 1.83. The zero-order valence-electron chi connectivity index (χ0n) is 11.4. The monoisotopic (exact) mass is 243 g/mol. The van der Waals surface area contributed by atoms with Crippen LogP contribution in [0.5, 0.6) is 0 Å². The van der Waals surface area contributed by atoms with Crippen LogP contribution in [0.4, 0.5) is 5.95 Å². The SMILES string of the molecule is CCc1ccc(-n2ccnc2NCC(C)C)cc1. The number of imidazole rings is 1. The summed E-state index contributed by atoms with van der Waals surface area (Å²) < 4.78 is 2.09. The number of aryl methyl sites for hydroxylation is 1. The van der Waals surface area contributed by atoms with Crippen molar-refractivity contribution in [2.24, 2.45) is 5.92 Å². The molecule has 0 fully saturated rings. The van der Waals surface area contributed by atoms with Gasteiger partial charge in [-0.2, -0.15) is 0 Å². The third kappa shape index (κ3) is 2.92. The number of aromatic nitrogens is 2. The molecule has 18 heavy (non-hydrogen) atoms. The van der Waals surface area contributed by atoms with Gasteiger partial charge in [-0.25, -0.2) is 4.98 Å². The van der Waals surface area contributed by atoms with E-state index in [4.69, 9.17) is 0 Å². The Kier molecular flexibility index (Phi) is 4.03. The van der Waals surface area contributed by atoms with Crippen LogP contribution in [-0.4, -0.2) is 16.1 Å². The highest BCUT2D eigenvalue weighted by atomic mass is 15.2. The van der Waals surface area contributed by atoms with Crippen LogP contribution in [0, 0.1) is 5.92 Å². The molecule has 3 heteroatoms. The van der Waals surface area contributed by atoms with Crippen LogP contribution in [0.1, 0.15) is 26.3 Å². The van der Waals surface area contributed by atoms with E-state index in [1.807, 2.05) is 12.4 Å². The minimum atomic E-state index is 0.609. The number of anilines is 1. The molecule has 0 aliphatic rings. The molecule has 1 aromatic carbocycles. The lowest BCUT2D eigenvalue weighted by Gasteiger charge is -2.11. The number of nitrogens with one attached hydrogen (secondary N) is 1. The average Bonchev–Trinajstić information content (AvgIpc) is 2.85. The zero-order chi connectivity index (χ0) is 13.0. The Hall–Kier alpha value is -1.77. The number of nitrogens with zero attached hydrogens (tertiary/aromatic N) is 2. The van der Waals surface area contributed by atoms with E-state index in [1.165, 1.54) is 5.56 Å². The van der Waals surface area contributed by atoms with Crippen molar-refractivity contribution in [1.29, 1.82) is 0 Å². The molecular formula is C15H21N3. The quantitative estimate of drug-likeness (QED) is 0.871. The minimum Gasteiger partial charge on any atom is -0.355 e. The predicted molar refractivity (Wildman–Crippen MR) is 76.3 cm³/mol. The van der Waals surface area contributed by atoms with Crippen molar-refractivity contribution in [3.8, 4) is 5.69 Å². The van der Waals surface area contributed by atoms with Crippen molar-refractivity contribution in [3.05, 3.63) is 42.2 Å². The summed E-state index contributed by atoms with van der Waals surface area (Å²) in [5.74, 6) is 1.52. The average molecular weight is 243 g/mol. The number of benzene rings is 1. The van der Waals surface area contributed by atoms with Gasteiger partial charge in [0.2, 0.25) is 5.95 Å². The van der Waals surface area contributed by atoms with Crippen LogP contribution in [0.25, 0.3) is 5.69 Å². The highest BCUT2D eigenvalue weighted by molar-refractivity contribution is 5.42. The van der Waals surface area contributed by atoms with Crippen LogP contribution in [0.15, 0.2) is 36.7 Å². The van der Waals surface area contributed by atoms with Gasteiger partial charge in [0.15, 0.2) is 0 Å². The molecule has 0 aliphatic heterocycles. The highest BCUT2D eigenvalue weighted by Crippen LogP contribution is 2.15. The third-order valence-corrected chi connectivity index (χ3v) is 2.93. The molecule has 1 aromatic heterocycles. The van der Waals surface area contributed by atoms with Gasteiger partial charge in [0.05, 0.1) is 0 Å². The second-order valence-corrected chi connectivity index (χ2v) is 4.92. The summed E-state index contributed by atoms with van der Waals surface area (Å²) >= 11 is 0. The molecule has 0 aliphatic carbocycles. The van der Waals surface area contributed by atoms with Gasteiger partial charge < -0.3 is 5.32 Å². The second kappa shape index (κ2) is 5.71. The van der Waals surface area contributed by atoms with Gasteiger partial charge in [0, 0.05) is 24.6 Å². The van der Waals surface area contributed by atoms with Crippen molar-refractivity contribution in [2.75, 3.05) is 11.9 Å². The van der Waals surface area contributed by atoms with Crippen LogP contribution < -0.4 is 5.32 Å². The summed E-state index contributed by atoms with van der Waals surface area (Å²) in [6.07, 6.45) is 4.89. The van der Waals surface area contributed by atoms with E-state index in [1.54, 1.807) is 0 Å². The summed E-state index contributed by atoms with van der Waals surface area (Å²) in [7, 11) is 0. The van der Waals surface area contributed by atoms with Crippen molar-refractivity contribution < 1.29 is 0 Å². The molecule has 96 valence electrons. The van der Waals surface area contributed by atoms with Gasteiger partial charge in [-0.1, -0.05) is 32.9 Å². The molecule has 0 amide bonds. The minimum absolute atomic E-state index is 0.609. The molecule has 2 aromatic rings. The fourth-order valence-electron chi connectivity index (χ4n) is 1.83. The maximum Gasteiger partial charge on any atom is 0.207 e. The van der Waals surface area contributed by atoms with E-state index in [9.17, 15) is 0 Å². The molecule has 0 saturated heterocycles. The van der Waals surface area contributed by atoms with Crippen molar-refractivity contribution in [3.63, 3.8) is 0 Å². The Balaban J connectivity index is 2.19. The molecule has 2 rings (SSSR count). The summed E-state index contributed by atoms with van der Waals surface area (Å²) in [5.41, 5.74) is 2.51. The first-order valence-electron chi connectivity index (χ1n) is 6.57. The number of hydrogen-bond acceptors (Lipinski definition) is 2. The molecule has 0 bridgehead atoms. The summed E-state index contributed by atoms with van der Waals surface area (Å²) in [6, 6.07) is 8.62. The molecule has 1 heterocycles. The first-order valence-corrected chi connectivity index (χ1v) is 6.57. The summed E-state index contributed by atoms with van der Waals surface area (Å²) in [5, 5.41) is 3.37. The third-order valence-electron chi connectivity index (χ3n) is 2.93. The van der Waals surface area contributed by atoms with Gasteiger partial charge in [-0.15, -0.1) is 0 Å². The highest BCUT2D eigenvalue weighted by Gasteiger charge is 2.04. The van der Waals surface area contributed by atoms with Crippen molar-refractivity contribution in [2.45, 2.75) is 27.2 Å². The molecule has 0 radical (unpaired) electrons. The Bertz CT molecular complexity index is 483. The topological polar surface area (TPSA) is 29.9 Å². The largest absolute Gasteiger partial charge is 0.355 e. The van der Waals surface area contributed by atoms with Gasteiger partial charge >= 0.3 is 0 Å². The lowest BCUT2D eigenvalue weighted by Crippen LogP contribution is -2.11. The van der Waals surface area contributed by atoms with E-state index in [0.29, 0.717) is 5.92 Å². The van der Waals surface area contributed by atoms with E-state index >= 15 is 0 Å².